The minimum Gasteiger partial charge on any atom is -0.340 e. The maximum Gasteiger partial charge on any atom is 0.224 e. The van der Waals surface area contributed by atoms with Gasteiger partial charge in [0.05, 0.1) is 0 Å². The van der Waals surface area contributed by atoms with E-state index in [1.54, 1.807) is 6.20 Å². The zero-order valence-corrected chi connectivity index (χ0v) is 16.3. The smallest absolute Gasteiger partial charge is 0.224 e. The molecule has 3 rings (SSSR count). The summed E-state index contributed by atoms with van der Waals surface area (Å²) < 4.78 is 0. The number of rotatable bonds is 7. The van der Waals surface area contributed by atoms with Crippen LogP contribution in [0.3, 0.4) is 0 Å². The maximum atomic E-state index is 11.7. The van der Waals surface area contributed by atoms with Crippen molar-refractivity contribution >= 4 is 34.7 Å². The van der Waals surface area contributed by atoms with Crippen LogP contribution in [-0.4, -0.2) is 20.9 Å². The van der Waals surface area contributed by atoms with Gasteiger partial charge in [0.1, 0.15) is 23.3 Å². The van der Waals surface area contributed by atoms with Gasteiger partial charge in [0.15, 0.2) is 0 Å². The second-order valence-electron chi connectivity index (χ2n) is 6.53. The average Bonchev–Trinajstić information content (AvgIpc) is 2.63. The summed E-state index contributed by atoms with van der Waals surface area (Å²) in [6, 6.07) is 13.2. The minimum absolute atomic E-state index is 0.0232. The molecular formula is C21H24N6O. The molecule has 3 aromatic rings. The molecule has 0 aliphatic rings. The normalized spacial score (nSPS) is 10.4. The Morgan fingerprint density at radius 1 is 0.893 bits per heavy atom. The van der Waals surface area contributed by atoms with Crippen LogP contribution < -0.4 is 16.0 Å². The standard InChI is InChI=1S/C21H24N6O/c1-4-5-21(28)26-17-8-6-16(7-9-17)25-19-13-20(24-15(3)23-19)27-18-12-14(2)10-11-22-18/h6-13H,4-5H2,1-3H3,(H,26,28)(H2,22,23,24,25,27). The van der Waals surface area contributed by atoms with Crippen molar-refractivity contribution in [2.75, 3.05) is 16.0 Å². The predicted molar refractivity (Wildman–Crippen MR) is 112 cm³/mol. The summed E-state index contributed by atoms with van der Waals surface area (Å²) in [6.07, 6.45) is 3.10. The maximum absolute atomic E-state index is 11.7. The number of pyridine rings is 1. The molecule has 7 heteroatoms. The van der Waals surface area contributed by atoms with Gasteiger partial charge in [-0.15, -0.1) is 0 Å². The van der Waals surface area contributed by atoms with Gasteiger partial charge in [0, 0.05) is 30.1 Å². The lowest BCUT2D eigenvalue weighted by atomic mass is 10.2. The number of nitrogens with zero attached hydrogens (tertiary/aromatic N) is 3. The van der Waals surface area contributed by atoms with Gasteiger partial charge in [-0.3, -0.25) is 4.79 Å². The first-order chi connectivity index (χ1) is 13.5. The molecule has 144 valence electrons. The van der Waals surface area contributed by atoms with Gasteiger partial charge in [-0.2, -0.15) is 0 Å². The van der Waals surface area contributed by atoms with Gasteiger partial charge >= 0.3 is 0 Å². The third-order valence-electron chi connectivity index (χ3n) is 3.93. The topological polar surface area (TPSA) is 91.8 Å². The van der Waals surface area contributed by atoms with Crippen LogP contribution in [0, 0.1) is 13.8 Å². The molecule has 0 saturated carbocycles. The summed E-state index contributed by atoms with van der Waals surface area (Å²) in [5, 5.41) is 9.34. The van der Waals surface area contributed by atoms with Gasteiger partial charge in [-0.25, -0.2) is 15.0 Å². The Balaban J connectivity index is 1.70. The molecular weight excluding hydrogens is 352 g/mol. The molecule has 0 unspecified atom stereocenters. The first-order valence-electron chi connectivity index (χ1n) is 9.24. The van der Waals surface area contributed by atoms with Crippen LogP contribution in [0.4, 0.5) is 28.8 Å². The SMILES string of the molecule is CCCC(=O)Nc1ccc(Nc2cc(Nc3cc(C)ccn3)nc(C)n2)cc1. The van der Waals surface area contributed by atoms with E-state index in [9.17, 15) is 4.79 Å². The number of carbonyl (C=O) groups excluding carboxylic acids is 1. The van der Waals surface area contributed by atoms with E-state index in [-0.39, 0.29) is 5.91 Å². The Bertz CT molecular complexity index is 955. The highest BCUT2D eigenvalue weighted by atomic mass is 16.1. The number of benzene rings is 1. The molecule has 2 aromatic heterocycles. The van der Waals surface area contributed by atoms with Gasteiger partial charge in [0.2, 0.25) is 5.91 Å². The van der Waals surface area contributed by atoms with Crippen molar-refractivity contribution in [3.8, 4) is 0 Å². The van der Waals surface area contributed by atoms with Crippen LogP contribution in [0.25, 0.3) is 0 Å². The number of amides is 1. The van der Waals surface area contributed by atoms with E-state index in [1.165, 1.54) is 0 Å². The largest absolute Gasteiger partial charge is 0.340 e. The minimum atomic E-state index is 0.0232. The molecule has 28 heavy (non-hydrogen) atoms. The summed E-state index contributed by atoms with van der Waals surface area (Å²) >= 11 is 0. The van der Waals surface area contributed by atoms with Crippen molar-refractivity contribution in [1.82, 2.24) is 15.0 Å². The highest BCUT2D eigenvalue weighted by molar-refractivity contribution is 5.90. The summed E-state index contributed by atoms with van der Waals surface area (Å²) in [5.74, 6) is 2.73. The zero-order valence-electron chi connectivity index (χ0n) is 16.3. The Kier molecular flexibility index (Phi) is 6.16. The molecule has 0 saturated heterocycles. The number of hydrogen-bond donors (Lipinski definition) is 3. The molecule has 0 aliphatic carbocycles. The van der Waals surface area contributed by atoms with Crippen molar-refractivity contribution < 1.29 is 4.79 Å². The van der Waals surface area contributed by atoms with E-state index < -0.39 is 0 Å². The quantitative estimate of drug-likeness (QED) is 0.553. The van der Waals surface area contributed by atoms with E-state index in [4.69, 9.17) is 0 Å². The lowest BCUT2D eigenvalue weighted by Gasteiger charge is -2.11. The number of hydrogen-bond acceptors (Lipinski definition) is 6. The van der Waals surface area contributed by atoms with Gasteiger partial charge in [-0.1, -0.05) is 6.92 Å². The number of carbonyl (C=O) groups is 1. The highest BCUT2D eigenvalue weighted by Gasteiger charge is 2.05. The molecule has 0 radical (unpaired) electrons. The molecule has 0 fully saturated rings. The predicted octanol–water partition coefficient (Wildman–Crippen LogP) is 4.71. The fraction of sp³-hybridized carbons (Fsp3) is 0.238. The van der Waals surface area contributed by atoms with Crippen molar-refractivity contribution in [2.24, 2.45) is 0 Å². The number of aromatic nitrogens is 3. The Labute approximate surface area is 164 Å². The van der Waals surface area contributed by atoms with Crippen LogP contribution >= 0.6 is 0 Å². The summed E-state index contributed by atoms with van der Waals surface area (Å²) in [7, 11) is 0. The summed E-state index contributed by atoms with van der Waals surface area (Å²) in [5.41, 5.74) is 2.76. The van der Waals surface area contributed by atoms with Crippen LogP contribution in [0.2, 0.25) is 0 Å². The van der Waals surface area contributed by atoms with Crippen molar-refractivity contribution in [3.05, 3.63) is 60.0 Å². The molecule has 7 nitrogen and oxygen atoms in total. The second kappa shape index (κ2) is 8.94. The van der Waals surface area contributed by atoms with Crippen molar-refractivity contribution in [2.45, 2.75) is 33.6 Å². The van der Waals surface area contributed by atoms with Crippen LogP contribution in [0.5, 0.6) is 0 Å². The Morgan fingerprint density at radius 2 is 1.57 bits per heavy atom. The van der Waals surface area contributed by atoms with E-state index in [2.05, 4.69) is 30.9 Å². The van der Waals surface area contributed by atoms with Crippen LogP contribution in [-0.2, 0) is 4.79 Å². The first kappa shape index (κ1) is 19.3. The third-order valence-corrected chi connectivity index (χ3v) is 3.93. The Morgan fingerprint density at radius 3 is 2.25 bits per heavy atom. The number of nitrogens with one attached hydrogen (secondary N) is 3. The molecule has 0 aliphatic heterocycles. The van der Waals surface area contributed by atoms with Crippen molar-refractivity contribution in [1.29, 1.82) is 0 Å². The van der Waals surface area contributed by atoms with E-state index in [0.717, 1.165) is 29.2 Å². The number of aryl methyl sites for hydroxylation is 2. The van der Waals surface area contributed by atoms with Gasteiger partial charge < -0.3 is 16.0 Å². The summed E-state index contributed by atoms with van der Waals surface area (Å²) in [6.45, 7) is 5.83. The fourth-order valence-corrected chi connectivity index (χ4v) is 2.67. The number of anilines is 5. The molecule has 1 amide bonds. The molecule has 0 bridgehead atoms. The van der Waals surface area contributed by atoms with Crippen LogP contribution in [0.1, 0.15) is 31.2 Å². The third kappa shape index (κ3) is 5.51. The molecule has 1 aromatic carbocycles. The lowest BCUT2D eigenvalue weighted by molar-refractivity contribution is -0.116. The van der Waals surface area contributed by atoms with Crippen LogP contribution in [0.15, 0.2) is 48.7 Å². The average molecular weight is 376 g/mol. The second-order valence-corrected chi connectivity index (χ2v) is 6.53. The van der Waals surface area contributed by atoms with E-state index in [0.29, 0.717) is 23.9 Å². The van der Waals surface area contributed by atoms with E-state index >= 15 is 0 Å². The highest BCUT2D eigenvalue weighted by Crippen LogP contribution is 2.21. The van der Waals surface area contributed by atoms with Gasteiger partial charge in [-0.05, 0) is 62.2 Å². The zero-order chi connectivity index (χ0) is 19.9. The molecule has 0 atom stereocenters. The molecule has 3 N–H and O–H groups in total. The monoisotopic (exact) mass is 376 g/mol. The Hall–Kier alpha value is -3.48. The lowest BCUT2D eigenvalue weighted by Crippen LogP contribution is -2.10. The summed E-state index contributed by atoms with van der Waals surface area (Å²) in [4.78, 5) is 24.8. The van der Waals surface area contributed by atoms with Crippen molar-refractivity contribution in [3.63, 3.8) is 0 Å². The van der Waals surface area contributed by atoms with Gasteiger partial charge in [0.25, 0.3) is 0 Å². The van der Waals surface area contributed by atoms with E-state index in [1.807, 2.05) is 63.2 Å². The molecule has 0 spiro atoms. The molecule has 2 heterocycles. The fourth-order valence-electron chi connectivity index (χ4n) is 2.67. The first-order valence-corrected chi connectivity index (χ1v) is 9.24.